The Hall–Kier alpha value is -1.58. The molecule has 0 aliphatic rings. The van der Waals surface area contributed by atoms with Crippen LogP contribution in [0.2, 0.25) is 0 Å². The molecule has 0 fully saturated rings. The van der Waals surface area contributed by atoms with Crippen LogP contribution in [0.3, 0.4) is 0 Å². The zero-order chi connectivity index (χ0) is 15.2. The molecule has 0 saturated carbocycles. The molecule has 3 nitrogen and oxygen atoms in total. The van der Waals surface area contributed by atoms with Crippen molar-refractivity contribution in [3.63, 3.8) is 0 Å². The van der Waals surface area contributed by atoms with Gasteiger partial charge in [0.2, 0.25) is 0 Å². The van der Waals surface area contributed by atoms with Crippen LogP contribution in [-0.2, 0) is 6.54 Å². The first-order valence-electron chi connectivity index (χ1n) is 7.55. The summed E-state index contributed by atoms with van der Waals surface area (Å²) in [6.45, 7) is 8.61. The number of benzene rings is 1. The Morgan fingerprint density at radius 1 is 1.05 bits per heavy atom. The Morgan fingerprint density at radius 2 is 1.76 bits per heavy atom. The minimum Gasteiger partial charge on any atom is -0.465 e. The molecule has 0 bridgehead atoms. The topological polar surface area (TPSA) is 36.6 Å². The third kappa shape index (κ3) is 5.03. The molecule has 114 valence electrons. The molecule has 3 heteroatoms. The largest absolute Gasteiger partial charge is 0.465 e. The van der Waals surface area contributed by atoms with Gasteiger partial charge in [0.05, 0.1) is 12.6 Å². The second-order valence-electron chi connectivity index (χ2n) is 6.03. The molecule has 0 aliphatic carbocycles. The first-order valence-corrected chi connectivity index (χ1v) is 7.55. The van der Waals surface area contributed by atoms with E-state index in [0.717, 1.165) is 30.2 Å². The molecule has 21 heavy (non-hydrogen) atoms. The van der Waals surface area contributed by atoms with Crippen LogP contribution in [0.5, 0.6) is 0 Å². The van der Waals surface area contributed by atoms with E-state index in [1.807, 2.05) is 49.4 Å². The third-order valence-electron chi connectivity index (χ3n) is 3.41. The van der Waals surface area contributed by atoms with Crippen molar-refractivity contribution < 1.29 is 9.52 Å². The highest BCUT2D eigenvalue weighted by Crippen LogP contribution is 2.17. The van der Waals surface area contributed by atoms with Gasteiger partial charge in [-0.25, -0.2) is 0 Å². The zero-order valence-electron chi connectivity index (χ0n) is 13.1. The van der Waals surface area contributed by atoms with Crippen molar-refractivity contribution in [2.45, 2.75) is 33.4 Å². The lowest BCUT2D eigenvalue weighted by molar-refractivity contribution is 0.0972. The lowest BCUT2D eigenvalue weighted by Gasteiger charge is -2.26. The summed E-state index contributed by atoms with van der Waals surface area (Å²) >= 11 is 0. The van der Waals surface area contributed by atoms with E-state index in [2.05, 4.69) is 18.7 Å². The number of rotatable bonds is 7. The van der Waals surface area contributed by atoms with E-state index in [0.29, 0.717) is 12.5 Å². The Kier molecular flexibility index (Phi) is 5.59. The van der Waals surface area contributed by atoms with Crippen molar-refractivity contribution in [3.05, 3.63) is 59.5 Å². The predicted molar refractivity (Wildman–Crippen MR) is 85.0 cm³/mol. The number of aryl methyl sites for hydroxylation is 1. The number of hydrogen-bond donors (Lipinski definition) is 1. The summed E-state index contributed by atoms with van der Waals surface area (Å²) in [7, 11) is 0. The van der Waals surface area contributed by atoms with Crippen LogP contribution in [0.4, 0.5) is 0 Å². The highest BCUT2D eigenvalue weighted by atomic mass is 16.3. The van der Waals surface area contributed by atoms with Crippen molar-refractivity contribution in [1.29, 1.82) is 0 Å². The van der Waals surface area contributed by atoms with Crippen LogP contribution >= 0.6 is 0 Å². The van der Waals surface area contributed by atoms with Gasteiger partial charge in [0.25, 0.3) is 0 Å². The summed E-state index contributed by atoms with van der Waals surface area (Å²) in [5, 5.41) is 10.4. The monoisotopic (exact) mass is 287 g/mol. The van der Waals surface area contributed by atoms with Gasteiger partial charge >= 0.3 is 0 Å². The molecule has 0 aliphatic heterocycles. The van der Waals surface area contributed by atoms with Gasteiger partial charge in [-0.05, 0) is 30.5 Å². The van der Waals surface area contributed by atoms with E-state index in [1.165, 1.54) is 0 Å². The molecular formula is C18H25NO2. The molecule has 0 radical (unpaired) electrons. The predicted octanol–water partition coefficient (Wildman–Crippen LogP) is 3.78. The summed E-state index contributed by atoms with van der Waals surface area (Å²) < 4.78 is 5.66. The van der Waals surface area contributed by atoms with E-state index in [-0.39, 0.29) is 0 Å². The molecule has 2 aromatic rings. The molecule has 1 heterocycles. The highest BCUT2D eigenvalue weighted by Gasteiger charge is 2.16. The third-order valence-corrected chi connectivity index (χ3v) is 3.41. The fourth-order valence-corrected chi connectivity index (χ4v) is 2.54. The summed E-state index contributed by atoms with van der Waals surface area (Å²) in [4.78, 5) is 2.25. The average molecular weight is 287 g/mol. The Morgan fingerprint density at radius 3 is 2.33 bits per heavy atom. The number of hydrogen-bond acceptors (Lipinski definition) is 3. The molecule has 0 saturated heterocycles. The molecule has 0 amide bonds. The number of aliphatic hydroxyl groups excluding tert-OH is 1. The molecule has 2 rings (SSSR count). The van der Waals surface area contributed by atoms with Crippen LogP contribution in [0.25, 0.3) is 0 Å². The van der Waals surface area contributed by atoms with Crippen LogP contribution in [-0.4, -0.2) is 23.1 Å². The smallest absolute Gasteiger partial charge is 0.118 e. The van der Waals surface area contributed by atoms with Crippen LogP contribution in [0, 0.1) is 12.8 Å². The van der Waals surface area contributed by atoms with E-state index >= 15 is 0 Å². The summed E-state index contributed by atoms with van der Waals surface area (Å²) in [6, 6.07) is 13.8. The lowest BCUT2D eigenvalue weighted by atomic mass is 10.1. The Bertz CT molecular complexity index is 533. The molecule has 0 spiro atoms. The van der Waals surface area contributed by atoms with E-state index in [4.69, 9.17) is 4.42 Å². The van der Waals surface area contributed by atoms with Gasteiger partial charge in [0.15, 0.2) is 0 Å². The van der Waals surface area contributed by atoms with Crippen molar-refractivity contribution in [2.24, 2.45) is 5.92 Å². The quantitative estimate of drug-likeness (QED) is 0.842. The van der Waals surface area contributed by atoms with Crippen LogP contribution < -0.4 is 0 Å². The first kappa shape index (κ1) is 15.8. The van der Waals surface area contributed by atoms with Crippen molar-refractivity contribution in [2.75, 3.05) is 13.1 Å². The number of nitrogens with zero attached hydrogens (tertiary/aromatic N) is 1. The van der Waals surface area contributed by atoms with Gasteiger partial charge in [0.1, 0.15) is 11.5 Å². The van der Waals surface area contributed by atoms with Crippen molar-refractivity contribution >= 4 is 0 Å². The van der Waals surface area contributed by atoms with E-state index in [9.17, 15) is 5.11 Å². The Balaban J connectivity index is 2.02. The molecule has 1 N–H and O–H groups in total. The maximum Gasteiger partial charge on any atom is 0.118 e. The normalized spacial score (nSPS) is 13.0. The maximum absolute atomic E-state index is 10.4. The summed E-state index contributed by atoms with van der Waals surface area (Å²) in [5.74, 6) is 2.43. The van der Waals surface area contributed by atoms with Gasteiger partial charge in [-0.3, -0.25) is 4.90 Å². The fourth-order valence-electron chi connectivity index (χ4n) is 2.54. The molecule has 1 unspecified atom stereocenters. The molecular weight excluding hydrogens is 262 g/mol. The minimum atomic E-state index is -0.471. The van der Waals surface area contributed by atoms with Gasteiger partial charge in [-0.1, -0.05) is 44.2 Å². The highest BCUT2D eigenvalue weighted by molar-refractivity contribution is 5.17. The zero-order valence-corrected chi connectivity index (χ0v) is 13.1. The minimum absolute atomic E-state index is 0.471. The van der Waals surface area contributed by atoms with Crippen LogP contribution in [0.1, 0.15) is 37.0 Å². The number of furan rings is 1. The fraction of sp³-hybridized carbons (Fsp3) is 0.444. The van der Waals surface area contributed by atoms with E-state index < -0.39 is 6.10 Å². The Labute approximate surface area is 127 Å². The lowest BCUT2D eigenvalue weighted by Crippen LogP contribution is -2.31. The van der Waals surface area contributed by atoms with Crippen molar-refractivity contribution in [3.8, 4) is 0 Å². The van der Waals surface area contributed by atoms with Crippen molar-refractivity contribution in [1.82, 2.24) is 4.90 Å². The van der Waals surface area contributed by atoms with Gasteiger partial charge in [0, 0.05) is 13.1 Å². The van der Waals surface area contributed by atoms with Gasteiger partial charge < -0.3 is 9.52 Å². The standard InChI is InChI=1S/C18H25NO2/c1-14(2)11-19(12-17-10-9-15(3)21-17)13-18(20)16-7-5-4-6-8-16/h4-10,14,18,20H,11-13H2,1-3H3. The first-order chi connectivity index (χ1) is 10.0. The van der Waals surface area contributed by atoms with E-state index in [1.54, 1.807) is 0 Å². The average Bonchev–Trinajstić information content (AvgIpc) is 2.84. The maximum atomic E-state index is 10.4. The molecule has 1 atom stereocenters. The van der Waals surface area contributed by atoms with Gasteiger partial charge in [-0.15, -0.1) is 0 Å². The molecule has 1 aromatic carbocycles. The second-order valence-corrected chi connectivity index (χ2v) is 6.03. The molecule has 1 aromatic heterocycles. The van der Waals surface area contributed by atoms with Crippen LogP contribution in [0.15, 0.2) is 46.9 Å². The number of aliphatic hydroxyl groups is 1. The summed E-state index contributed by atoms with van der Waals surface area (Å²) in [6.07, 6.45) is -0.471. The second kappa shape index (κ2) is 7.43. The summed E-state index contributed by atoms with van der Waals surface area (Å²) in [5.41, 5.74) is 0.960. The SMILES string of the molecule is Cc1ccc(CN(CC(C)C)CC(O)c2ccccc2)o1. The van der Waals surface area contributed by atoms with Gasteiger partial charge in [-0.2, -0.15) is 0 Å².